The predicted octanol–water partition coefficient (Wildman–Crippen LogP) is 2.01. The number of methoxy groups -OCH3 is 1. The van der Waals surface area contributed by atoms with Crippen LogP contribution in [0.1, 0.15) is 47.9 Å². The zero-order valence-corrected chi connectivity index (χ0v) is 19.1. The lowest BCUT2D eigenvalue weighted by atomic mass is 9.98. The number of carboxylic acid groups (broad SMARTS) is 1. The van der Waals surface area contributed by atoms with Crippen LogP contribution in [-0.2, 0) is 25.7 Å². The number of rotatable bonds is 10. The van der Waals surface area contributed by atoms with Gasteiger partial charge in [-0.2, -0.15) is 0 Å². The van der Waals surface area contributed by atoms with Gasteiger partial charge in [0.25, 0.3) is 0 Å². The highest BCUT2D eigenvalue weighted by Gasteiger charge is 2.27. The topological polar surface area (TPSA) is 148 Å². The third-order valence-electron chi connectivity index (χ3n) is 5.08. The number of tetrazole rings is 1. The van der Waals surface area contributed by atoms with Gasteiger partial charge in [-0.15, -0.1) is 5.10 Å². The molecule has 3 N–H and O–H groups in total. The van der Waals surface area contributed by atoms with Crippen LogP contribution in [0.5, 0.6) is 0 Å². The van der Waals surface area contributed by atoms with Crippen LogP contribution in [0.3, 0.4) is 0 Å². The zero-order chi connectivity index (χ0) is 24.7. The maximum atomic E-state index is 11.9. The Morgan fingerprint density at radius 3 is 2.47 bits per heavy atom. The molecule has 1 amide bonds. The summed E-state index contributed by atoms with van der Waals surface area (Å²) >= 11 is 0. The van der Waals surface area contributed by atoms with Gasteiger partial charge in [-0.05, 0) is 40.6 Å². The molecule has 0 saturated heterocycles. The molecule has 11 nitrogen and oxygen atoms in total. The lowest BCUT2D eigenvalue weighted by Crippen LogP contribution is -2.32. The Balaban J connectivity index is 2.03. The monoisotopic (exact) mass is 466 g/mol. The highest BCUT2D eigenvalue weighted by molar-refractivity contribution is 5.88. The van der Waals surface area contributed by atoms with Crippen molar-refractivity contribution in [3.63, 3.8) is 0 Å². The average Bonchev–Trinajstić information content (AvgIpc) is 3.24. The third-order valence-corrected chi connectivity index (χ3v) is 5.08. The van der Waals surface area contributed by atoms with Gasteiger partial charge in [-0.3, -0.25) is 19.7 Å². The molecular weight excluding hydrogens is 440 g/mol. The number of nitrogens with zero attached hydrogens (tertiary/aromatic N) is 4. The number of anilines is 1. The summed E-state index contributed by atoms with van der Waals surface area (Å²) in [4.78, 5) is 34.9. The first-order chi connectivity index (χ1) is 16.3. The second-order valence-corrected chi connectivity index (χ2v) is 7.74. The molecule has 0 aliphatic carbocycles. The van der Waals surface area contributed by atoms with E-state index in [4.69, 9.17) is 4.74 Å². The van der Waals surface area contributed by atoms with E-state index in [9.17, 15) is 19.5 Å². The Kier molecular flexibility index (Phi) is 8.04. The molecule has 11 heteroatoms. The molecule has 0 spiro atoms. The van der Waals surface area contributed by atoms with Crippen LogP contribution in [0, 0.1) is 6.92 Å². The Bertz CT molecular complexity index is 1160. The van der Waals surface area contributed by atoms with Crippen molar-refractivity contribution in [2.24, 2.45) is 0 Å². The molecule has 2 atom stereocenters. The van der Waals surface area contributed by atoms with Crippen molar-refractivity contribution in [1.29, 1.82) is 0 Å². The normalized spacial score (nSPS) is 12.6. The molecule has 2 aromatic carbocycles. The summed E-state index contributed by atoms with van der Waals surface area (Å²) in [6, 6.07) is 13.3. The molecule has 178 valence electrons. The van der Waals surface area contributed by atoms with E-state index in [1.807, 2.05) is 31.2 Å². The van der Waals surface area contributed by atoms with Gasteiger partial charge in [-0.25, -0.2) is 4.68 Å². The third kappa shape index (κ3) is 6.45. The number of carbonyl (C=O) groups is 3. The van der Waals surface area contributed by atoms with Crippen molar-refractivity contribution in [3.05, 3.63) is 71.0 Å². The van der Waals surface area contributed by atoms with Crippen molar-refractivity contribution in [2.45, 2.75) is 38.9 Å². The van der Waals surface area contributed by atoms with E-state index in [2.05, 4.69) is 26.2 Å². The fourth-order valence-corrected chi connectivity index (χ4v) is 3.54. The number of ether oxygens (including phenoxy) is 1. The summed E-state index contributed by atoms with van der Waals surface area (Å²) < 4.78 is 6.04. The van der Waals surface area contributed by atoms with Gasteiger partial charge in [0, 0.05) is 18.7 Å². The van der Waals surface area contributed by atoms with Gasteiger partial charge >= 0.3 is 11.9 Å². The first-order valence-electron chi connectivity index (χ1n) is 10.5. The highest BCUT2D eigenvalue weighted by Crippen LogP contribution is 2.28. The predicted molar refractivity (Wildman–Crippen MR) is 122 cm³/mol. The minimum Gasteiger partial charge on any atom is -0.481 e. The Morgan fingerprint density at radius 1 is 1.12 bits per heavy atom. The highest BCUT2D eigenvalue weighted by atomic mass is 16.5. The number of amides is 1. The molecule has 3 rings (SSSR count). The number of hydrogen-bond acceptors (Lipinski definition) is 8. The van der Waals surface area contributed by atoms with Gasteiger partial charge in [-0.1, -0.05) is 42.0 Å². The molecule has 0 fully saturated rings. The van der Waals surface area contributed by atoms with E-state index >= 15 is 0 Å². The number of aliphatic carboxylic acids is 1. The number of hydrogen-bond donors (Lipinski definition) is 3. The van der Waals surface area contributed by atoms with Crippen LogP contribution >= 0.6 is 0 Å². The Labute approximate surface area is 196 Å². The zero-order valence-electron chi connectivity index (χ0n) is 19.1. The largest absolute Gasteiger partial charge is 0.481 e. The van der Waals surface area contributed by atoms with Crippen LogP contribution in [0.4, 0.5) is 5.69 Å². The molecule has 3 aromatic rings. The minimum absolute atomic E-state index is 0.192. The van der Waals surface area contributed by atoms with E-state index in [1.165, 1.54) is 18.7 Å². The molecule has 0 aliphatic rings. The fraction of sp³-hybridized carbons (Fsp3) is 0.304. The van der Waals surface area contributed by atoms with E-state index < -0.39 is 24.0 Å². The van der Waals surface area contributed by atoms with E-state index in [1.54, 1.807) is 24.3 Å². The molecule has 34 heavy (non-hydrogen) atoms. The summed E-state index contributed by atoms with van der Waals surface area (Å²) in [7, 11) is 1.27. The van der Waals surface area contributed by atoms with Crippen molar-refractivity contribution in [1.82, 2.24) is 25.5 Å². The van der Waals surface area contributed by atoms with E-state index in [0.29, 0.717) is 17.1 Å². The van der Waals surface area contributed by atoms with Gasteiger partial charge in [0.05, 0.1) is 19.6 Å². The SMILES string of the molecule is COC(=O)Cn1nnnc1C(NC(CC(=O)O)c1cccc(C)c1)c1ccc(NC(C)=O)cc1. The number of aryl methyl sites for hydroxylation is 1. The van der Waals surface area contributed by atoms with Gasteiger partial charge in [0.1, 0.15) is 6.54 Å². The lowest BCUT2D eigenvalue weighted by molar-refractivity contribution is -0.141. The molecule has 0 saturated carbocycles. The molecule has 1 aromatic heterocycles. The van der Waals surface area contributed by atoms with E-state index in [-0.39, 0.29) is 18.9 Å². The van der Waals surface area contributed by atoms with Crippen LogP contribution in [-0.4, -0.2) is 50.3 Å². The molecule has 0 aliphatic heterocycles. The Morgan fingerprint density at radius 2 is 1.85 bits per heavy atom. The smallest absolute Gasteiger partial charge is 0.327 e. The van der Waals surface area contributed by atoms with Crippen LogP contribution in [0.15, 0.2) is 48.5 Å². The summed E-state index contributed by atoms with van der Waals surface area (Å²) in [6.07, 6.45) is -0.192. The summed E-state index contributed by atoms with van der Waals surface area (Å²) in [5.74, 6) is -1.41. The second kappa shape index (κ2) is 11.1. The van der Waals surface area contributed by atoms with Crippen LogP contribution in [0.25, 0.3) is 0 Å². The number of nitrogens with one attached hydrogen (secondary N) is 2. The number of carboxylic acids is 1. The van der Waals surface area contributed by atoms with Gasteiger partial charge in [0.15, 0.2) is 5.82 Å². The fourth-order valence-electron chi connectivity index (χ4n) is 3.54. The molecule has 0 bridgehead atoms. The second-order valence-electron chi connectivity index (χ2n) is 7.74. The summed E-state index contributed by atoms with van der Waals surface area (Å²) in [6.45, 7) is 3.13. The molecule has 2 unspecified atom stereocenters. The Hall–Kier alpha value is -4.12. The number of esters is 1. The van der Waals surface area contributed by atoms with Crippen molar-refractivity contribution in [2.75, 3.05) is 12.4 Å². The van der Waals surface area contributed by atoms with Gasteiger partial charge in [0.2, 0.25) is 5.91 Å². The molecular formula is C23H26N6O5. The summed E-state index contributed by atoms with van der Waals surface area (Å²) in [5.41, 5.74) is 3.08. The van der Waals surface area contributed by atoms with Gasteiger partial charge < -0.3 is 15.2 Å². The molecule has 0 radical (unpaired) electrons. The standard InChI is InChI=1S/C23H26N6O5/c1-14-5-4-6-17(11-14)19(12-20(31)32)25-22(16-7-9-18(10-8-16)24-15(2)30)23-26-27-28-29(23)13-21(33)34-3/h4-11,19,22,25H,12-13H2,1-3H3,(H,24,30)(H,31,32). The first kappa shape index (κ1) is 24.5. The van der Waals surface area contributed by atoms with E-state index in [0.717, 1.165) is 11.1 Å². The molecule has 1 heterocycles. The number of benzene rings is 2. The first-order valence-corrected chi connectivity index (χ1v) is 10.5. The average molecular weight is 466 g/mol. The minimum atomic E-state index is -0.979. The maximum Gasteiger partial charge on any atom is 0.327 e. The number of carbonyl (C=O) groups excluding carboxylic acids is 2. The number of aromatic nitrogens is 4. The van der Waals surface area contributed by atoms with Crippen molar-refractivity contribution in [3.8, 4) is 0 Å². The van der Waals surface area contributed by atoms with Crippen molar-refractivity contribution >= 4 is 23.5 Å². The quantitative estimate of drug-likeness (QED) is 0.381. The maximum absolute atomic E-state index is 11.9. The summed E-state index contributed by atoms with van der Waals surface area (Å²) in [5, 5.41) is 27.4. The van der Waals surface area contributed by atoms with Crippen molar-refractivity contribution < 1.29 is 24.2 Å². The van der Waals surface area contributed by atoms with Crippen LogP contribution in [0.2, 0.25) is 0 Å². The lowest BCUT2D eigenvalue weighted by Gasteiger charge is -2.25. The van der Waals surface area contributed by atoms with Crippen LogP contribution < -0.4 is 10.6 Å².